The molecule has 140 valence electrons. The quantitative estimate of drug-likeness (QED) is 0.786. The zero-order valence-corrected chi connectivity index (χ0v) is 15.9. The molecule has 26 heavy (non-hydrogen) atoms. The van der Waals surface area contributed by atoms with E-state index in [4.69, 9.17) is 16.3 Å². The van der Waals surface area contributed by atoms with E-state index in [1.807, 2.05) is 0 Å². The fourth-order valence-corrected chi connectivity index (χ4v) is 5.28. The molecule has 1 fully saturated rings. The molecule has 2 aliphatic heterocycles. The van der Waals surface area contributed by atoms with Gasteiger partial charge < -0.3 is 10.1 Å². The van der Waals surface area contributed by atoms with Gasteiger partial charge in [0.2, 0.25) is 0 Å². The average Bonchev–Trinajstić information content (AvgIpc) is 2.94. The van der Waals surface area contributed by atoms with Crippen LogP contribution in [-0.2, 0) is 19.4 Å². The first-order valence-corrected chi connectivity index (χ1v) is 10.3. The van der Waals surface area contributed by atoms with Gasteiger partial charge in [0.15, 0.2) is 9.84 Å². The summed E-state index contributed by atoms with van der Waals surface area (Å²) in [5.41, 5.74) is 1.36. The molecule has 1 N–H and O–H groups in total. The fraction of sp³-hybridized carbons (Fsp3) is 0.412. The standard InChI is InChI=1S/C17H19ClN2O5S/c1-10-14(16(21)25-2)15(11-3-5-12(18)6-4-11)19-17(22)20(10)13-7-8-26(23,24)9-13/h3-6,13,15H,7-9H2,1-2H3,(H,19,22)/t13-,15+/m1/s1. The monoisotopic (exact) mass is 398 g/mol. The van der Waals surface area contributed by atoms with Crippen molar-refractivity contribution in [1.29, 1.82) is 0 Å². The first-order valence-electron chi connectivity index (χ1n) is 8.08. The highest BCUT2D eigenvalue weighted by atomic mass is 35.5. The topological polar surface area (TPSA) is 92.8 Å². The lowest BCUT2D eigenvalue weighted by Gasteiger charge is -2.38. The van der Waals surface area contributed by atoms with Crippen LogP contribution in [0.3, 0.4) is 0 Å². The maximum atomic E-state index is 12.7. The molecule has 0 radical (unpaired) electrons. The lowest BCUT2D eigenvalue weighted by molar-refractivity contribution is -0.136. The molecule has 0 saturated carbocycles. The lowest BCUT2D eigenvalue weighted by atomic mass is 9.94. The molecule has 2 heterocycles. The van der Waals surface area contributed by atoms with Crippen LogP contribution in [0.2, 0.25) is 5.02 Å². The summed E-state index contributed by atoms with van der Waals surface area (Å²) < 4.78 is 28.5. The molecule has 1 aromatic rings. The van der Waals surface area contributed by atoms with Crippen LogP contribution < -0.4 is 5.32 Å². The molecule has 0 aliphatic carbocycles. The first kappa shape index (κ1) is 18.7. The van der Waals surface area contributed by atoms with Crippen molar-refractivity contribution >= 4 is 33.4 Å². The molecule has 7 nitrogen and oxygen atoms in total. The summed E-state index contributed by atoms with van der Waals surface area (Å²) in [6.45, 7) is 1.64. The van der Waals surface area contributed by atoms with Gasteiger partial charge in [-0.2, -0.15) is 0 Å². The van der Waals surface area contributed by atoms with E-state index in [2.05, 4.69) is 5.32 Å². The van der Waals surface area contributed by atoms with Crippen molar-refractivity contribution in [3.8, 4) is 0 Å². The Balaban J connectivity index is 2.05. The highest BCUT2D eigenvalue weighted by Gasteiger charge is 2.42. The van der Waals surface area contributed by atoms with Crippen LogP contribution in [0.1, 0.15) is 24.9 Å². The molecular formula is C17H19ClN2O5S. The number of carbonyl (C=O) groups is 2. The van der Waals surface area contributed by atoms with Crippen molar-refractivity contribution in [2.75, 3.05) is 18.6 Å². The van der Waals surface area contributed by atoms with Crippen molar-refractivity contribution in [2.45, 2.75) is 25.4 Å². The number of hydrogen-bond donors (Lipinski definition) is 1. The minimum Gasteiger partial charge on any atom is -0.466 e. The Morgan fingerprint density at radius 1 is 1.31 bits per heavy atom. The normalized spacial score (nSPS) is 25.2. The van der Waals surface area contributed by atoms with Crippen molar-refractivity contribution in [3.63, 3.8) is 0 Å². The molecule has 2 atom stereocenters. The molecule has 0 bridgehead atoms. The number of amides is 2. The third kappa shape index (κ3) is 3.43. The number of esters is 1. The summed E-state index contributed by atoms with van der Waals surface area (Å²) in [4.78, 5) is 26.5. The van der Waals surface area contributed by atoms with Crippen LogP contribution in [0.25, 0.3) is 0 Å². The number of ether oxygens (including phenoxy) is 1. The number of nitrogens with one attached hydrogen (secondary N) is 1. The molecular weight excluding hydrogens is 380 g/mol. The van der Waals surface area contributed by atoms with Crippen LogP contribution in [0.15, 0.2) is 35.5 Å². The molecule has 0 spiro atoms. The maximum Gasteiger partial charge on any atom is 0.337 e. The molecule has 2 amide bonds. The van der Waals surface area contributed by atoms with Gasteiger partial charge in [-0.25, -0.2) is 18.0 Å². The van der Waals surface area contributed by atoms with E-state index < -0.39 is 33.9 Å². The molecule has 2 aliphatic rings. The fourth-order valence-electron chi connectivity index (χ4n) is 3.46. The Morgan fingerprint density at radius 3 is 2.50 bits per heavy atom. The van der Waals surface area contributed by atoms with Crippen LogP contribution in [-0.4, -0.2) is 50.0 Å². The Kier molecular flexibility index (Phi) is 4.98. The minimum absolute atomic E-state index is 0.0307. The van der Waals surface area contributed by atoms with E-state index in [-0.39, 0.29) is 17.1 Å². The molecule has 0 aromatic heterocycles. The summed E-state index contributed by atoms with van der Waals surface area (Å²) in [7, 11) is -1.91. The van der Waals surface area contributed by atoms with Crippen LogP contribution in [0.5, 0.6) is 0 Å². The minimum atomic E-state index is -3.18. The van der Waals surface area contributed by atoms with Gasteiger partial charge >= 0.3 is 12.0 Å². The third-order valence-corrected chi connectivity index (χ3v) is 6.71. The summed E-state index contributed by atoms with van der Waals surface area (Å²) in [6.07, 6.45) is 0.340. The summed E-state index contributed by atoms with van der Waals surface area (Å²) in [6, 6.07) is 5.16. The summed E-state index contributed by atoms with van der Waals surface area (Å²) in [5.74, 6) is -0.658. The zero-order valence-electron chi connectivity index (χ0n) is 14.4. The van der Waals surface area contributed by atoms with Gasteiger partial charge in [-0.3, -0.25) is 4.90 Å². The first-order chi connectivity index (χ1) is 12.2. The smallest absolute Gasteiger partial charge is 0.337 e. The molecule has 9 heteroatoms. The van der Waals surface area contributed by atoms with Gasteiger partial charge in [-0.05, 0) is 31.0 Å². The number of sulfone groups is 1. The maximum absolute atomic E-state index is 12.7. The third-order valence-electron chi connectivity index (χ3n) is 4.71. The van der Waals surface area contributed by atoms with Crippen molar-refractivity contribution in [2.24, 2.45) is 0 Å². The SMILES string of the molecule is COC(=O)C1=C(C)N([C@@H]2CCS(=O)(=O)C2)C(=O)N[C@H]1c1ccc(Cl)cc1. The van der Waals surface area contributed by atoms with Gasteiger partial charge in [-0.1, -0.05) is 23.7 Å². The summed E-state index contributed by atoms with van der Waals surface area (Å²) in [5, 5.41) is 3.33. The number of urea groups is 1. The van der Waals surface area contributed by atoms with Crippen molar-refractivity contribution in [1.82, 2.24) is 10.2 Å². The van der Waals surface area contributed by atoms with Crippen LogP contribution in [0, 0.1) is 0 Å². The van der Waals surface area contributed by atoms with Crippen LogP contribution in [0.4, 0.5) is 4.79 Å². The van der Waals surface area contributed by atoms with Gasteiger partial charge in [0, 0.05) is 10.7 Å². The van der Waals surface area contributed by atoms with Gasteiger partial charge in [0.1, 0.15) is 0 Å². The Hall–Kier alpha value is -2.06. The van der Waals surface area contributed by atoms with E-state index in [9.17, 15) is 18.0 Å². The molecule has 0 unspecified atom stereocenters. The van der Waals surface area contributed by atoms with Crippen molar-refractivity contribution in [3.05, 3.63) is 46.1 Å². The van der Waals surface area contributed by atoms with E-state index in [0.717, 1.165) is 0 Å². The molecule has 1 saturated heterocycles. The number of methoxy groups -OCH3 is 1. The zero-order chi connectivity index (χ0) is 19.1. The Labute approximate surface area is 156 Å². The predicted molar refractivity (Wildman–Crippen MR) is 96.3 cm³/mol. The Morgan fingerprint density at radius 2 is 1.96 bits per heavy atom. The second-order valence-corrected chi connectivity index (χ2v) is 9.02. The largest absolute Gasteiger partial charge is 0.466 e. The van der Waals surface area contributed by atoms with Gasteiger partial charge in [-0.15, -0.1) is 0 Å². The van der Waals surface area contributed by atoms with Gasteiger partial charge in [0.05, 0.1) is 36.3 Å². The predicted octanol–water partition coefficient (Wildman–Crippen LogP) is 2.04. The molecule has 1 aromatic carbocycles. The number of carbonyl (C=O) groups excluding carboxylic acids is 2. The lowest BCUT2D eigenvalue weighted by Crippen LogP contribution is -2.52. The number of allylic oxidation sites excluding steroid dienone is 1. The van der Waals surface area contributed by atoms with E-state index in [1.165, 1.54) is 12.0 Å². The van der Waals surface area contributed by atoms with E-state index in [0.29, 0.717) is 22.7 Å². The number of nitrogens with zero attached hydrogens (tertiary/aromatic N) is 1. The number of hydrogen-bond acceptors (Lipinski definition) is 5. The number of halogens is 1. The van der Waals surface area contributed by atoms with E-state index >= 15 is 0 Å². The van der Waals surface area contributed by atoms with Crippen LogP contribution >= 0.6 is 11.6 Å². The van der Waals surface area contributed by atoms with Gasteiger partial charge in [0.25, 0.3) is 0 Å². The summed E-state index contributed by atoms with van der Waals surface area (Å²) >= 11 is 5.91. The Bertz CT molecular complexity index is 879. The second-order valence-electron chi connectivity index (χ2n) is 6.35. The van der Waals surface area contributed by atoms with Crippen molar-refractivity contribution < 1.29 is 22.7 Å². The number of rotatable bonds is 3. The van der Waals surface area contributed by atoms with E-state index in [1.54, 1.807) is 31.2 Å². The number of benzene rings is 1. The highest BCUT2D eigenvalue weighted by molar-refractivity contribution is 7.91. The molecule has 3 rings (SSSR count). The highest BCUT2D eigenvalue weighted by Crippen LogP contribution is 2.34. The second kappa shape index (κ2) is 6.92. The average molecular weight is 399 g/mol.